The van der Waals surface area contributed by atoms with Crippen LogP contribution in [0.1, 0.15) is 37.2 Å². The lowest BCUT2D eigenvalue weighted by Crippen LogP contribution is -2.27. The second-order valence-corrected chi connectivity index (χ2v) is 10.8. The molecule has 11 nitrogen and oxygen atoms in total. The minimum Gasteiger partial charge on any atom is -0.494 e. The first kappa shape index (κ1) is 27.8. The molecule has 0 N–H and O–H groups in total. The van der Waals surface area contributed by atoms with Gasteiger partial charge in [-0.05, 0) is 19.1 Å². The Kier molecular flexibility index (Phi) is 9.60. The molecule has 0 fully saturated rings. The first-order chi connectivity index (χ1) is 17.2. The maximum atomic E-state index is 13.5. The van der Waals surface area contributed by atoms with Crippen LogP contribution in [0.5, 0.6) is 11.5 Å². The number of halogens is 1. The van der Waals surface area contributed by atoms with Crippen LogP contribution in [-0.4, -0.2) is 72.9 Å². The van der Waals surface area contributed by atoms with Crippen molar-refractivity contribution in [2.75, 3.05) is 34.5 Å². The molecule has 2 aromatic heterocycles. The van der Waals surface area contributed by atoms with Crippen LogP contribution in [-0.2, 0) is 31.7 Å². The normalized spacial score (nSPS) is 13.4. The minimum atomic E-state index is -3.74. The van der Waals surface area contributed by atoms with Crippen molar-refractivity contribution in [2.24, 2.45) is 0 Å². The first-order valence-electron chi connectivity index (χ1n) is 11.1. The largest absolute Gasteiger partial charge is 0.494 e. The van der Waals surface area contributed by atoms with Crippen molar-refractivity contribution < 1.29 is 27.4 Å². The van der Waals surface area contributed by atoms with Gasteiger partial charge in [-0.3, -0.25) is 4.57 Å². The van der Waals surface area contributed by atoms with E-state index in [1.165, 1.54) is 26.6 Å². The number of methoxy groups -OCH3 is 3. The van der Waals surface area contributed by atoms with E-state index in [-0.39, 0.29) is 12.4 Å². The van der Waals surface area contributed by atoms with Gasteiger partial charge >= 0.3 is 0 Å². The molecule has 13 heteroatoms. The Bertz CT molecular complexity index is 1230. The Balaban J connectivity index is 2.01. The molecule has 2 heterocycles. The van der Waals surface area contributed by atoms with E-state index in [4.69, 9.17) is 30.5 Å². The lowest BCUT2D eigenvalue weighted by Gasteiger charge is -2.20. The Morgan fingerprint density at radius 2 is 1.58 bits per heavy atom. The number of para-hydroxylation sites is 1. The number of hydrogen-bond acceptors (Lipinski definition) is 10. The predicted octanol–water partition coefficient (Wildman–Crippen LogP) is 3.00. The van der Waals surface area contributed by atoms with Crippen LogP contribution in [0.2, 0.25) is 5.02 Å². The molecule has 0 radical (unpaired) electrons. The summed E-state index contributed by atoms with van der Waals surface area (Å²) in [6.45, 7) is 4.18. The quantitative estimate of drug-likeness (QED) is 0.299. The topological polar surface area (TPSA) is 128 Å². The maximum absolute atomic E-state index is 13.5. The fourth-order valence-electron chi connectivity index (χ4n) is 3.55. The number of nitrogens with zero attached hydrogens (tertiary/aromatic N) is 5. The third kappa shape index (κ3) is 6.30. The Hall–Kier alpha value is -2.80. The molecule has 0 amide bonds. The summed E-state index contributed by atoms with van der Waals surface area (Å²) in [6, 6.07) is 5.26. The third-order valence-electron chi connectivity index (χ3n) is 5.73. The second kappa shape index (κ2) is 12.4. The molecule has 0 aliphatic heterocycles. The average Bonchev–Trinajstić information content (AvgIpc) is 3.26. The van der Waals surface area contributed by atoms with Crippen LogP contribution >= 0.6 is 11.6 Å². The first-order valence-corrected chi connectivity index (χ1v) is 13.2. The van der Waals surface area contributed by atoms with Gasteiger partial charge in [-0.1, -0.05) is 24.6 Å². The van der Waals surface area contributed by atoms with Crippen LogP contribution < -0.4 is 9.47 Å². The Morgan fingerprint density at radius 3 is 2.17 bits per heavy atom. The molecule has 1 aromatic carbocycles. The van der Waals surface area contributed by atoms with Crippen LogP contribution in [0, 0.1) is 0 Å². The molecule has 3 rings (SSSR count). The lowest BCUT2D eigenvalue weighted by atomic mass is 10.1. The highest BCUT2D eigenvalue weighted by Gasteiger charge is 2.32. The van der Waals surface area contributed by atoms with Crippen LogP contribution in [0.15, 0.2) is 30.6 Å². The summed E-state index contributed by atoms with van der Waals surface area (Å²) in [5.41, 5.74) is 0.477. The zero-order valence-electron chi connectivity index (χ0n) is 20.8. The van der Waals surface area contributed by atoms with Crippen molar-refractivity contribution in [1.82, 2.24) is 24.7 Å². The van der Waals surface area contributed by atoms with E-state index in [1.54, 1.807) is 43.7 Å². The highest BCUT2D eigenvalue weighted by molar-refractivity contribution is 7.91. The molecule has 0 saturated carbocycles. The van der Waals surface area contributed by atoms with Crippen molar-refractivity contribution in [1.29, 1.82) is 0 Å². The molecular formula is C23H30ClN5O6S. The van der Waals surface area contributed by atoms with Gasteiger partial charge in [-0.25, -0.2) is 18.4 Å². The van der Waals surface area contributed by atoms with E-state index in [1.807, 2.05) is 0 Å². The van der Waals surface area contributed by atoms with Crippen molar-refractivity contribution in [3.8, 4) is 17.2 Å². The highest BCUT2D eigenvalue weighted by atomic mass is 35.5. The van der Waals surface area contributed by atoms with Crippen LogP contribution in [0.4, 0.5) is 0 Å². The highest BCUT2D eigenvalue weighted by Crippen LogP contribution is 2.35. The van der Waals surface area contributed by atoms with Crippen LogP contribution in [0.3, 0.4) is 0 Å². The van der Waals surface area contributed by atoms with E-state index in [0.29, 0.717) is 47.1 Å². The van der Waals surface area contributed by atoms with Gasteiger partial charge in [0.25, 0.3) is 0 Å². The molecule has 36 heavy (non-hydrogen) atoms. The monoisotopic (exact) mass is 539 g/mol. The van der Waals surface area contributed by atoms with E-state index in [0.717, 1.165) is 0 Å². The molecule has 0 spiro atoms. The van der Waals surface area contributed by atoms with Crippen LogP contribution in [0.25, 0.3) is 5.69 Å². The predicted molar refractivity (Wildman–Crippen MR) is 134 cm³/mol. The van der Waals surface area contributed by atoms with Gasteiger partial charge < -0.3 is 18.9 Å². The van der Waals surface area contributed by atoms with Gasteiger partial charge in [0, 0.05) is 25.4 Å². The van der Waals surface area contributed by atoms with Crippen molar-refractivity contribution in [3.63, 3.8) is 0 Å². The van der Waals surface area contributed by atoms with Crippen molar-refractivity contribution in [2.45, 2.75) is 37.4 Å². The van der Waals surface area contributed by atoms with E-state index in [2.05, 4.69) is 20.2 Å². The Labute approximate surface area is 215 Å². The fraction of sp³-hybridized carbons (Fsp3) is 0.478. The summed E-state index contributed by atoms with van der Waals surface area (Å²) >= 11 is 5.88. The summed E-state index contributed by atoms with van der Waals surface area (Å²) in [6.07, 6.45) is 2.89. The molecule has 0 aliphatic rings. The SMILES string of the molecule is COCCOCc1nnc(CS(=O)(=O)[C@@H](C)[C@H](C)c2ncc(Cl)cn2)n1-c1c(OC)cccc1OC. The summed E-state index contributed by atoms with van der Waals surface area (Å²) in [4.78, 5) is 8.37. The van der Waals surface area contributed by atoms with Crippen molar-refractivity contribution >= 4 is 21.4 Å². The molecule has 0 unspecified atom stereocenters. The summed E-state index contributed by atoms with van der Waals surface area (Å²) in [5.74, 6) is 1.01. The summed E-state index contributed by atoms with van der Waals surface area (Å²) in [5, 5.41) is 8.01. The molecule has 0 saturated heterocycles. The number of ether oxygens (including phenoxy) is 4. The summed E-state index contributed by atoms with van der Waals surface area (Å²) < 4.78 is 50.4. The maximum Gasteiger partial charge on any atom is 0.163 e. The smallest absolute Gasteiger partial charge is 0.163 e. The number of hydrogen-bond donors (Lipinski definition) is 0. The number of benzene rings is 1. The zero-order chi connectivity index (χ0) is 26.3. The van der Waals surface area contributed by atoms with Crippen molar-refractivity contribution in [3.05, 3.63) is 53.1 Å². The van der Waals surface area contributed by atoms with E-state index in [9.17, 15) is 8.42 Å². The molecule has 0 bridgehead atoms. The van der Waals surface area contributed by atoms with Gasteiger partial charge in [0.2, 0.25) is 0 Å². The van der Waals surface area contributed by atoms with Gasteiger partial charge in [0.1, 0.15) is 35.4 Å². The standard InChI is InChI=1S/C23H30ClN5O6S/c1-15(23-25-11-17(24)12-26-23)16(2)36(30,31)14-21-28-27-20(13-35-10-9-32-3)29(21)22-18(33-4)7-6-8-19(22)34-5/h6-8,11-12,15-16H,9-10,13-14H2,1-5H3/t15-,16-/m0/s1. The van der Waals surface area contributed by atoms with Gasteiger partial charge in [0.05, 0.1) is 37.7 Å². The third-order valence-corrected chi connectivity index (χ3v) is 8.13. The summed E-state index contributed by atoms with van der Waals surface area (Å²) in [7, 11) is 0.875. The second-order valence-electron chi connectivity index (χ2n) is 7.98. The van der Waals surface area contributed by atoms with Gasteiger partial charge in [-0.15, -0.1) is 10.2 Å². The molecule has 2 atom stereocenters. The van der Waals surface area contributed by atoms with Gasteiger partial charge in [0.15, 0.2) is 21.5 Å². The van der Waals surface area contributed by atoms with E-state index < -0.39 is 26.8 Å². The van der Waals surface area contributed by atoms with Gasteiger partial charge in [-0.2, -0.15) is 0 Å². The minimum absolute atomic E-state index is 0.0716. The lowest BCUT2D eigenvalue weighted by molar-refractivity contribution is 0.0579. The number of sulfone groups is 1. The average molecular weight is 540 g/mol. The Morgan fingerprint density at radius 1 is 0.972 bits per heavy atom. The zero-order valence-corrected chi connectivity index (χ0v) is 22.4. The molecule has 196 valence electrons. The fourth-order valence-corrected chi connectivity index (χ4v) is 5.20. The number of rotatable bonds is 13. The van der Waals surface area contributed by atoms with E-state index >= 15 is 0 Å². The molecular weight excluding hydrogens is 510 g/mol. The molecule has 3 aromatic rings. The number of aromatic nitrogens is 5. The molecule has 0 aliphatic carbocycles.